The molecule has 0 aliphatic carbocycles. The second kappa shape index (κ2) is 5.54. The van der Waals surface area contributed by atoms with Crippen LogP contribution in [0.25, 0.3) is 0 Å². The Kier molecular flexibility index (Phi) is 4.35. The van der Waals surface area contributed by atoms with E-state index in [9.17, 15) is 4.79 Å². The predicted octanol–water partition coefficient (Wildman–Crippen LogP) is 2.29. The summed E-state index contributed by atoms with van der Waals surface area (Å²) in [7, 11) is 0. The molecule has 2 atom stereocenters. The minimum atomic E-state index is -0.155. The van der Waals surface area contributed by atoms with E-state index in [1.54, 1.807) is 0 Å². The number of carbonyl (C=O) groups is 1. The quantitative estimate of drug-likeness (QED) is 0.765. The van der Waals surface area contributed by atoms with Crippen LogP contribution in [-0.2, 0) is 4.79 Å². The molecule has 1 amide bonds. The number of nitrogens with one attached hydrogen (secondary N) is 1. The van der Waals surface area contributed by atoms with E-state index in [4.69, 9.17) is 5.73 Å². The first kappa shape index (κ1) is 12.6. The molecule has 3 N–H and O–H groups in total. The summed E-state index contributed by atoms with van der Waals surface area (Å²) in [5.74, 6) is -0.0996. The molecular weight excluding hydrogens is 200 g/mol. The maximum absolute atomic E-state index is 11.9. The molecule has 1 rings (SSSR count). The van der Waals surface area contributed by atoms with Gasteiger partial charge in [-0.25, -0.2) is 0 Å². The van der Waals surface area contributed by atoms with Crippen molar-refractivity contribution >= 4 is 11.6 Å². The highest BCUT2D eigenvalue weighted by Gasteiger charge is 2.16. The van der Waals surface area contributed by atoms with Crippen molar-refractivity contribution in [1.29, 1.82) is 0 Å². The first-order chi connectivity index (χ1) is 7.54. The maximum Gasteiger partial charge on any atom is 0.227 e. The monoisotopic (exact) mass is 220 g/mol. The molecule has 0 saturated heterocycles. The van der Waals surface area contributed by atoms with Crippen LogP contribution >= 0.6 is 0 Å². The number of anilines is 1. The zero-order valence-corrected chi connectivity index (χ0v) is 10.2. The molecule has 3 heteroatoms. The van der Waals surface area contributed by atoms with Crippen LogP contribution in [0, 0.1) is 0 Å². The van der Waals surface area contributed by atoms with Gasteiger partial charge in [0.1, 0.15) is 0 Å². The molecular formula is C13H20N2O. The third-order valence-electron chi connectivity index (χ3n) is 2.80. The lowest BCUT2D eigenvalue weighted by Crippen LogP contribution is -2.35. The zero-order chi connectivity index (χ0) is 12.1. The van der Waals surface area contributed by atoms with Crippen molar-refractivity contribution in [3.8, 4) is 0 Å². The summed E-state index contributed by atoms with van der Waals surface area (Å²) in [5, 5.41) is 2.97. The molecule has 1 aromatic carbocycles. The average molecular weight is 220 g/mol. The second-order valence-electron chi connectivity index (χ2n) is 4.21. The summed E-state index contributed by atoms with van der Waals surface area (Å²) in [6, 6.07) is 7.69. The second-order valence-corrected chi connectivity index (χ2v) is 4.21. The lowest BCUT2D eigenvalue weighted by Gasteiger charge is -2.16. The SMILES string of the molecule is CCC(C)NC(=O)C(C)c1cccc(N)c1. The van der Waals surface area contributed by atoms with Gasteiger partial charge in [0.25, 0.3) is 0 Å². The van der Waals surface area contributed by atoms with E-state index in [-0.39, 0.29) is 17.9 Å². The van der Waals surface area contributed by atoms with E-state index >= 15 is 0 Å². The third kappa shape index (κ3) is 3.26. The fourth-order valence-corrected chi connectivity index (χ4v) is 1.45. The molecule has 0 spiro atoms. The van der Waals surface area contributed by atoms with E-state index in [0.717, 1.165) is 12.0 Å². The number of rotatable bonds is 4. The molecule has 1 aromatic rings. The summed E-state index contributed by atoms with van der Waals surface area (Å²) in [6.07, 6.45) is 0.940. The summed E-state index contributed by atoms with van der Waals surface area (Å²) in [6.45, 7) is 5.95. The Morgan fingerprint density at radius 2 is 2.12 bits per heavy atom. The lowest BCUT2D eigenvalue weighted by molar-refractivity contribution is -0.122. The molecule has 0 radical (unpaired) electrons. The van der Waals surface area contributed by atoms with Crippen LogP contribution in [-0.4, -0.2) is 11.9 Å². The van der Waals surface area contributed by atoms with E-state index in [1.165, 1.54) is 0 Å². The maximum atomic E-state index is 11.9. The van der Waals surface area contributed by atoms with Gasteiger partial charge in [-0.1, -0.05) is 19.1 Å². The van der Waals surface area contributed by atoms with Crippen molar-refractivity contribution in [2.75, 3.05) is 5.73 Å². The Morgan fingerprint density at radius 1 is 1.44 bits per heavy atom. The van der Waals surface area contributed by atoms with Gasteiger partial charge in [-0.2, -0.15) is 0 Å². The third-order valence-corrected chi connectivity index (χ3v) is 2.80. The standard InChI is InChI=1S/C13H20N2O/c1-4-9(2)15-13(16)10(3)11-6-5-7-12(14)8-11/h5-10H,4,14H2,1-3H3,(H,15,16). The highest BCUT2D eigenvalue weighted by Crippen LogP contribution is 2.18. The van der Waals surface area contributed by atoms with Gasteiger partial charge in [0, 0.05) is 11.7 Å². The molecule has 0 fully saturated rings. The minimum absolute atomic E-state index is 0.0555. The molecule has 0 heterocycles. The van der Waals surface area contributed by atoms with Crippen molar-refractivity contribution in [3.63, 3.8) is 0 Å². The van der Waals surface area contributed by atoms with Gasteiger partial charge in [-0.3, -0.25) is 4.79 Å². The average Bonchev–Trinajstić information content (AvgIpc) is 2.27. The Bertz CT molecular complexity index is 363. The Labute approximate surface area is 97.0 Å². The van der Waals surface area contributed by atoms with E-state index in [1.807, 2.05) is 38.1 Å². The molecule has 2 unspecified atom stereocenters. The highest BCUT2D eigenvalue weighted by atomic mass is 16.1. The zero-order valence-electron chi connectivity index (χ0n) is 10.2. The van der Waals surface area contributed by atoms with Crippen molar-refractivity contribution in [3.05, 3.63) is 29.8 Å². The van der Waals surface area contributed by atoms with Gasteiger partial charge in [-0.15, -0.1) is 0 Å². The summed E-state index contributed by atoms with van der Waals surface area (Å²) < 4.78 is 0. The number of carbonyl (C=O) groups excluding carboxylic acids is 1. The van der Waals surface area contributed by atoms with Crippen LogP contribution in [0.2, 0.25) is 0 Å². The topological polar surface area (TPSA) is 55.1 Å². The van der Waals surface area contributed by atoms with Gasteiger partial charge >= 0.3 is 0 Å². The molecule has 0 aliphatic rings. The van der Waals surface area contributed by atoms with Gasteiger partial charge in [0.2, 0.25) is 5.91 Å². The van der Waals surface area contributed by atoms with Crippen LogP contribution in [0.5, 0.6) is 0 Å². The summed E-state index contributed by atoms with van der Waals surface area (Å²) in [5.41, 5.74) is 7.35. The fraction of sp³-hybridized carbons (Fsp3) is 0.462. The number of nitrogen functional groups attached to an aromatic ring is 1. The highest BCUT2D eigenvalue weighted by molar-refractivity contribution is 5.83. The van der Waals surface area contributed by atoms with Crippen LogP contribution in [0.4, 0.5) is 5.69 Å². The lowest BCUT2D eigenvalue weighted by atomic mass is 9.99. The normalized spacial score (nSPS) is 14.2. The molecule has 0 aliphatic heterocycles. The van der Waals surface area contributed by atoms with Crippen molar-refractivity contribution in [2.45, 2.75) is 39.2 Å². The molecule has 16 heavy (non-hydrogen) atoms. The number of hydrogen-bond donors (Lipinski definition) is 2. The molecule has 0 bridgehead atoms. The minimum Gasteiger partial charge on any atom is -0.399 e. The van der Waals surface area contributed by atoms with Crippen LogP contribution in [0.3, 0.4) is 0 Å². The van der Waals surface area contributed by atoms with E-state index < -0.39 is 0 Å². The molecule has 0 saturated carbocycles. The van der Waals surface area contributed by atoms with E-state index in [2.05, 4.69) is 12.2 Å². The smallest absolute Gasteiger partial charge is 0.227 e. The number of amides is 1. The number of nitrogens with two attached hydrogens (primary N) is 1. The van der Waals surface area contributed by atoms with Crippen LogP contribution < -0.4 is 11.1 Å². The van der Waals surface area contributed by atoms with Crippen molar-refractivity contribution in [2.24, 2.45) is 0 Å². The van der Waals surface area contributed by atoms with Gasteiger partial charge in [-0.05, 0) is 38.0 Å². The van der Waals surface area contributed by atoms with Crippen LogP contribution in [0.15, 0.2) is 24.3 Å². The Hall–Kier alpha value is -1.51. The number of hydrogen-bond acceptors (Lipinski definition) is 2. The molecule has 0 aromatic heterocycles. The largest absolute Gasteiger partial charge is 0.399 e. The van der Waals surface area contributed by atoms with Crippen molar-refractivity contribution < 1.29 is 4.79 Å². The van der Waals surface area contributed by atoms with E-state index in [0.29, 0.717) is 5.69 Å². The molecule has 3 nitrogen and oxygen atoms in total. The van der Waals surface area contributed by atoms with Gasteiger partial charge in [0.05, 0.1) is 5.92 Å². The summed E-state index contributed by atoms with van der Waals surface area (Å²) in [4.78, 5) is 11.9. The van der Waals surface area contributed by atoms with Gasteiger partial charge in [0.15, 0.2) is 0 Å². The number of benzene rings is 1. The fourth-order valence-electron chi connectivity index (χ4n) is 1.45. The van der Waals surface area contributed by atoms with Gasteiger partial charge < -0.3 is 11.1 Å². The van der Waals surface area contributed by atoms with Crippen LogP contribution in [0.1, 0.15) is 38.7 Å². The van der Waals surface area contributed by atoms with Crippen molar-refractivity contribution in [1.82, 2.24) is 5.32 Å². The molecule has 88 valence electrons. The first-order valence-electron chi connectivity index (χ1n) is 5.70. The Morgan fingerprint density at radius 3 is 2.69 bits per heavy atom. The summed E-state index contributed by atoms with van der Waals surface area (Å²) >= 11 is 0. The predicted molar refractivity (Wildman–Crippen MR) is 67.2 cm³/mol. The Balaban J connectivity index is 2.70. The first-order valence-corrected chi connectivity index (χ1v) is 5.70.